The van der Waals surface area contributed by atoms with Crippen molar-refractivity contribution >= 4 is 6.09 Å². The van der Waals surface area contributed by atoms with Gasteiger partial charge in [0.05, 0.1) is 0 Å². The van der Waals surface area contributed by atoms with E-state index in [1.165, 1.54) is 19.3 Å². The molecule has 5 nitrogen and oxygen atoms in total. The summed E-state index contributed by atoms with van der Waals surface area (Å²) >= 11 is 0. The highest BCUT2D eigenvalue weighted by Crippen LogP contribution is 2.23. The van der Waals surface area contributed by atoms with Crippen LogP contribution in [-0.2, 0) is 4.74 Å². The summed E-state index contributed by atoms with van der Waals surface area (Å²) in [5, 5.41) is 0. The summed E-state index contributed by atoms with van der Waals surface area (Å²) < 4.78 is 5.42. The maximum atomic E-state index is 12.0. The topological polar surface area (TPSA) is 58.8 Å². The van der Waals surface area contributed by atoms with Gasteiger partial charge in [-0.1, -0.05) is 12.8 Å². The van der Waals surface area contributed by atoms with Crippen LogP contribution >= 0.6 is 0 Å². The molecule has 2 aliphatic rings. The molecule has 0 radical (unpaired) electrons. The highest BCUT2D eigenvalue weighted by molar-refractivity contribution is 5.68. The molecule has 1 heterocycles. The number of hydrogen-bond donors (Lipinski definition) is 1. The molecule has 2 fully saturated rings. The minimum absolute atomic E-state index is 0.190. The van der Waals surface area contributed by atoms with Crippen LogP contribution in [0.4, 0.5) is 4.79 Å². The Labute approximate surface area is 122 Å². The van der Waals surface area contributed by atoms with Crippen molar-refractivity contribution in [3.05, 3.63) is 0 Å². The van der Waals surface area contributed by atoms with Crippen LogP contribution in [-0.4, -0.2) is 59.8 Å². The smallest absolute Gasteiger partial charge is 0.410 e. The molecule has 1 amide bonds. The number of nitrogens with zero attached hydrogens (tertiary/aromatic N) is 2. The van der Waals surface area contributed by atoms with Crippen LogP contribution in [0.2, 0.25) is 0 Å². The van der Waals surface area contributed by atoms with E-state index in [1.807, 2.05) is 25.7 Å². The highest BCUT2D eigenvalue weighted by atomic mass is 16.6. The van der Waals surface area contributed by atoms with Gasteiger partial charge in [0.2, 0.25) is 0 Å². The van der Waals surface area contributed by atoms with E-state index in [4.69, 9.17) is 10.5 Å². The van der Waals surface area contributed by atoms with Crippen molar-refractivity contribution in [2.75, 3.05) is 26.2 Å². The Hall–Kier alpha value is -0.810. The van der Waals surface area contributed by atoms with E-state index >= 15 is 0 Å². The normalized spacial score (nSPS) is 29.3. The van der Waals surface area contributed by atoms with Gasteiger partial charge >= 0.3 is 6.09 Å². The Morgan fingerprint density at radius 3 is 2.25 bits per heavy atom. The van der Waals surface area contributed by atoms with Gasteiger partial charge in [-0.3, -0.25) is 4.90 Å². The van der Waals surface area contributed by atoms with E-state index in [9.17, 15) is 4.79 Å². The second-order valence-electron chi connectivity index (χ2n) is 7.02. The predicted molar refractivity (Wildman–Crippen MR) is 79.6 cm³/mol. The molecule has 20 heavy (non-hydrogen) atoms. The molecule has 1 aliphatic carbocycles. The van der Waals surface area contributed by atoms with Crippen molar-refractivity contribution in [2.24, 2.45) is 5.73 Å². The number of piperazine rings is 1. The Balaban J connectivity index is 1.81. The van der Waals surface area contributed by atoms with Gasteiger partial charge in [-0.05, 0) is 33.6 Å². The summed E-state index contributed by atoms with van der Waals surface area (Å²) in [4.78, 5) is 16.3. The Kier molecular flexibility index (Phi) is 4.91. The lowest BCUT2D eigenvalue weighted by Gasteiger charge is -2.43. The summed E-state index contributed by atoms with van der Waals surface area (Å²) in [7, 11) is 0. The van der Waals surface area contributed by atoms with Crippen LogP contribution in [0.3, 0.4) is 0 Å². The maximum absolute atomic E-state index is 12.0. The van der Waals surface area contributed by atoms with Crippen molar-refractivity contribution in [3.63, 3.8) is 0 Å². The summed E-state index contributed by atoms with van der Waals surface area (Å²) in [5.41, 5.74) is 5.82. The summed E-state index contributed by atoms with van der Waals surface area (Å²) in [6, 6.07) is 0.807. The predicted octanol–water partition coefficient (Wildman–Crippen LogP) is 1.81. The summed E-state index contributed by atoms with van der Waals surface area (Å²) in [5.74, 6) is 0. The highest BCUT2D eigenvalue weighted by Gasteiger charge is 2.32. The second kappa shape index (κ2) is 6.31. The lowest BCUT2D eigenvalue weighted by atomic mass is 9.89. The zero-order chi connectivity index (χ0) is 14.8. The molecule has 0 spiro atoms. The van der Waals surface area contributed by atoms with Gasteiger partial charge in [0, 0.05) is 38.3 Å². The van der Waals surface area contributed by atoms with Crippen LogP contribution in [0.15, 0.2) is 0 Å². The fourth-order valence-corrected chi connectivity index (χ4v) is 3.16. The molecule has 0 bridgehead atoms. The first kappa shape index (κ1) is 15.6. The van der Waals surface area contributed by atoms with Gasteiger partial charge in [0.15, 0.2) is 0 Å². The molecular formula is C15H29N3O2. The molecule has 1 aliphatic heterocycles. The third-order valence-electron chi connectivity index (χ3n) is 4.22. The van der Waals surface area contributed by atoms with Crippen LogP contribution < -0.4 is 5.73 Å². The zero-order valence-corrected chi connectivity index (χ0v) is 13.1. The molecule has 1 saturated carbocycles. The van der Waals surface area contributed by atoms with Crippen LogP contribution in [0.5, 0.6) is 0 Å². The third-order valence-corrected chi connectivity index (χ3v) is 4.22. The summed E-state index contributed by atoms with van der Waals surface area (Å²) in [6.45, 7) is 9.04. The van der Waals surface area contributed by atoms with Gasteiger partial charge in [-0.15, -0.1) is 0 Å². The number of carbonyl (C=O) groups is 1. The molecule has 0 aromatic heterocycles. The number of rotatable bonds is 1. The lowest BCUT2D eigenvalue weighted by molar-refractivity contribution is 0.00686. The van der Waals surface area contributed by atoms with Gasteiger partial charge in [0.25, 0.3) is 0 Å². The number of hydrogen-bond acceptors (Lipinski definition) is 4. The van der Waals surface area contributed by atoms with Gasteiger partial charge in [-0.2, -0.15) is 0 Å². The molecule has 0 aromatic rings. The first-order chi connectivity index (χ1) is 9.37. The first-order valence-electron chi connectivity index (χ1n) is 7.84. The van der Waals surface area contributed by atoms with E-state index in [1.54, 1.807) is 0 Å². The van der Waals surface area contributed by atoms with E-state index in [0.29, 0.717) is 12.1 Å². The molecule has 5 heteroatoms. The number of nitrogens with two attached hydrogens (primary N) is 1. The standard InChI is InChI=1S/C15H29N3O2/c1-15(2,3)20-14(19)18-10-8-17(9-11-18)13-7-5-4-6-12(13)16/h12-13H,4-11,16H2,1-3H3/t12-,13-/m1/s1. The van der Waals surface area contributed by atoms with E-state index in [0.717, 1.165) is 32.6 Å². The fraction of sp³-hybridized carbons (Fsp3) is 0.933. The Morgan fingerprint density at radius 1 is 1.10 bits per heavy atom. The molecular weight excluding hydrogens is 254 g/mol. The maximum Gasteiger partial charge on any atom is 0.410 e. The number of carbonyl (C=O) groups excluding carboxylic acids is 1. The van der Waals surface area contributed by atoms with Gasteiger partial charge in [-0.25, -0.2) is 4.79 Å². The van der Waals surface area contributed by atoms with E-state index < -0.39 is 5.60 Å². The van der Waals surface area contributed by atoms with Crippen LogP contribution in [0.1, 0.15) is 46.5 Å². The number of ether oxygens (including phenoxy) is 1. The average molecular weight is 283 g/mol. The van der Waals surface area contributed by atoms with Crippen LogP contribution in [0.25, 0.3) is 0 Å². The van der Waals surface area contributed by atoms with E-state index in [-0.39, 0.29) is 6.09 Å². The van der Waals surface area contributed by atoms with Crippen molar-refractivity contribution in [3.8, 4) is 0 Å². The monoisotopic (exact) mass is 283 g/mol. The van der Waals surface area contributed by atoms with Crippen molar-refractivity contribution in [1.29, 1.82) is 0 Å². The molecule has 0 unspecified atom stereocenters. The zero-order valence-electron chi connectivity index (χ0n) is 13.1. The quantitative estimate of drug-likeness (QED) is 0.797. The average Bonchev–Trinajstić information content (AvgIpc) is 2.37. The minimum Gasteiger partial charge on any atom is -0.444 e. The fourth-order valence-electron chi connectivity index (χ4n) is 3.16. The molecule has 2 atom stereocenters. The van der Waals surface area contributed by atoms with Crippen LogP contribution in [0, 0.1) is 0 Å². The van der Waals surface area contributed by atoms with Crippen molar-refractivity contribution < 1.29 is 9.53 Å². The van der Waals surface area contributed by atoms with Crippen molar-refractivity contribution in [1.82, 2.24) is 9.80 Å². The Bertz CT molecular complexity index is 333. The van der Waals surface area contributed by atoms with Crippen molar-refractivity contribution in [2.45, 2.75) is 64.1 Å². The van der Waals surface area contributed by atoms with Gasteiger partial charge in [0.1, 0.15) is 5.60 Å². The first-order valence-corrected chi connectivity index (χ1v) is 7.84. The molecule has 116 valence electrons. The minimum atomic E-state index is -0.417. The van der Waals surface area contributed by atoms with E-state index in [2.05, 4.69) is 4.90 Å². The number of amides is 1. The summed E-state index contributed by atoms with van der Waals surface area (Å²) in [6.07, 6.45) is 4.69. The molecule has 1 saturated heterocycles. The molecule has 2 rings (SSSR count). The van der Waals surface area contributed by atoms with Gasteiger partial charge < -0.3 is 15.4 Å². The lowest BCUT2D eigenvalue weighted by Crippen LogP contribution is -2.57. The second-order valence-corrected chi connectivity index (χ2v) is 7.02. The molecule has 0 aromatic carbocycles. The SMILES string of the molecule is CC(C)(C)OC(=O)N1CCN([C@@H]2CCCC[C@H]2N)CC1. The Morgan fingerprint density at radius 2 is 1.70 bits per heavy atom. The third kappa shape index (κ3) is 4.09. The largest absolute Gasteiger partial charge is 0.444 e. The molecule has 2 N–H and O–H groups in total.